The van der Waals surface area contributed by atoms with Crippen molar-refractivity contribution >= 4 is 11.9 Å². The molecule has 0 aromatic rings. The van der Waals surface area contributed by atoms with Crippen molar-refractivity contribution in [1.82, 2.24) is 5.32 Å². The number of ether oxygens (including phenoxy) is 1. The van der Waals surface area contributed by atoms with Gasteiger partial charge < -0.3 is 20.3 Å². The first-order valence-electron chi connectivity index (χ1n) is 42.0. The molecular weight excluding hydrogens is 1100 g/mol. The second-order valence-corrected chi connectivity index (χ2v) is 29.2. The number of allylic oxidation sites excluding steroid dienone is 1. The van der Waals surface area contributed by atoms with Gasteiger partial charge in [-0.3, -0.25) is 9.59 Å². The third-order valence-electron chi connectivity index (χ3n) is 20.1. The average molecular weight is 1270 g/mol. The molecule has 0 aliphatic heterocycles. The smallest absolute Gasteiger partial charge is 0.305 e. The van der Waals surface area contributed by atoms with Crippen molar-refractivity contribution in [2.75, 3.05) is 13.2 Å². The van der Waals surface area contributed by atoms with Crippen LogP contribution in [-0.4, -0.2) is 47.4 Å². The molecule has 0 bridgehead atoms. The molecule has 2 atom stereocenters. The Morgan fingerprint density at radius 2 is 0.511 bits per heavy atom. The molecule has 0 rings (SSSR count). The summed E-state index contributed by atoms with van der Waals surface area (Å²) >= 11 is 0. The molecule has 0 heterocycles. The van der Waals surface area contributed by atoms with Crippen LogP contribution in [0.4, 0.5) is 0 Å². The number of hydrogen-bond acceptors (Lipinski definition) is 5. The minimum atomic E-state index is -0.843. The van der Waals surface area contributed by atoms with Gasteiger partial charge in [-0.15, -0.1) is 0 Å². The van der Waals surface area contributed by atoms with Gasteiger partial charge in [-0.2, -0.15) is 0 Å². The Hall–Kier alpha value is -1.40. The van der Waals surface area contributed by atoms with Crippen LogP contribution in [0.15, 0.2) is 12.2 Å². The van der Waals surface area contributed by atoms with E-state index >= 15 is 0 Å². The number of nitrogens with one attached hydrogen (secondary N) is 1. The molecule has 0 spiro atoms. The molecule has 536 valence electrons. The van der Waals surface area contributed by atoms with E-state index in [0.717, 1.165) is 38.5 Å². The monoisotopic (exact) mass is 1270 g/mol. The Morgan fingerprint density at radius 3 is 0.756 bits per heavy atom. The number of aliphatic hydroxyl groups excluding tert-OH is 2. The van der Waals surface area contributed by atoms with E-state index < -0.39 is 12.1 Å². The van der Waals surface area contributed by atoms with Gasteiger partial charge in [0, 0.05) is 12.8 Å². The third-order valence-corrected chi connectivity index (χ3v) is 20.1. The molecule has 0 radical (unpaired) electrons. The van der Waals surface area contributed by atoms with Crippen LogP contribution in [0.3, 0.4) is 0 Å². The Balaban J connectivity index is 3.34. The van der Waals surface area contributed by atoms with E-state index in [4.69, 9.17) is 4.74 Å². The highest BCUT2D eigenvalue weighted by atomic mass is 16.5. The summed E-state index contributed by atoms with van der Waals surface area (Å²) in [5, 5.41) is 23.3. The summed E-state index contributed by atoms with van der Waals surface area (Å²) in [5.74, 6) is -0.0327. The van der Waals surface area contributed by atoms with Crippen molar-refractivity contribution in [2.24, 2.45) is 0 Å². The molecule has 6 nitrogen and oxygen atoms in total. The quantitative estimate of drug-likeness (QED) is 0.0320. The number of carbonyl (C=O) groups is 2. The first-order chi connectivity index (χ1) is 44.5. The van der Waals surface area contributed by atoms with Crippen molar-refractivity contribution in [3.63, 3.8) is 0 Å². The largest absolute Gasteiger partial charge is 0.466 e. The topological polar surface area (TPSA) is 95.9 Å². The maximum atomic E-state index is 12.6. The Morgan fingerprint density at radius 1 is 0.300 bits per heavy atom. The van der Waals surface area contributed by atoms with Gasteiger partial charge >= 0.3 is 5.97 Å². The van der Waals surface area contributed by atoms with Crippen LogP contribution in [0.2, 0.25) is 0 Å². The van der Waals surface area contributed by atoms with Crippen LogP contribution < -0.4 is 5.32 Å². The van der Waals surface area contributed by atoms with Gasteiger partial charge in [0.15, 0.2) is 0 Å². The first-order valence-corrected chi connectivity index (χ1v) is 42.0. The zero-order chi connectivity index (χ0) is 64.9. The normalized spacial score (nSPS) is 12.4. The zero-order valence-electron chi connectivity index (χ0n) is 61.7. The molecule has 3 N–H and O–H groups in total. The lowest BCUT2D eigenvalue weighted by molar-refractivity contribution is -0.143. The predicted octanol–water partition coefficient (Wildman–Crippen LogP) is 27.8. The number of carbonyl (C=O) groups excluding carboxylic acids is 2. The van der Waals surface area contributed by atoms with Crippen LogP contribution in [-0.2, 0) is 14.3 Å². The molecule has 0 saturated heterocycles. The lowest BCUT2D eigenvalue weighted by Gasteiger charge is -2.20. The standard InChI is InChI=1S/C84H165NO5/c1-3-5-7-9-11-13-15-17-19-21-23-24-25-31-34-37-41-44-48-52-56-60-64-68-72-76-82(87)81(80-86)85-83(88)77-73-69-65-61-57-53-49-45-42-38-35-32-29-27-26-28-30-33-36-39-43-47-51-55-59-63-67-71-75-79-90-84(89)78-74-70-66-62-58-54-50-46-40-22-20-18-16-14-12-10-8-6-4-2/h72,76,81-82,86-87H,3-71,73-75,77-80H2,1-2H3,(H,85,88)/b76-72+. The van der Waals surface area contributed by atoms with Gasteiger partial charge in [0.05, 0.1) is 25.4 Å². The minimum absolute atomic E-state index is 0.0255. The number of aliphatic hydroxyl groups is 2. The van der Waals surface area contributed by atoms with E-state index in [0.29, 0.717) is 19.4 Å². The van der Waals surface area contributed by atoms with Crippen LogP contribution in [0.1, 0.15) is 489 Å². The molecule has 0 fully saturated rings. The van der Waals surface area contributed by atoms with Gasteiger partial charge in [-0.25, -0.2) is 0 Å². The predicted molar refractivity (Wildman–Crippen MR) is 398 cm³/mol. The molecule has 6 heteroatoms. The number of unbranched alkanes of at least 4 members (excludes halogenated alkanes) is 69. The van der Waals surface area contributed by atoms with Gasteiger partial charge in [-0.05, 0) is 32.1 Å². The van der Waals surface area contributed by atoms with Crippen molar-refractivity contribution < 1.29 is 24.5 Å². The Kier molecular flexibility index (Phi) is 78.8. The molecule has 1 amide bonds. The second-order valence-electron chi connectivity index (χ2n) is 29.2. The summed E-state index contributed by atoms with van der Waals surface area (Å²) in [7, 11) is 0. The number of hydrogen-bond donors (Lipinski definition) is 3. The summed E-state index contributed by atoms with van der Waals surface area (Å²) < 4.78 is 5.52. The fourth-order valence-electron chi connectivity index (χ4n) is 13.7. The highest BCUT2D eigenvalue weighted by Crippen LogP contribution is 2.21. The van der Waals surface area contributed by atoms with Crippen molar-refractivity contribution in [3.05, 3.63) is 12.2 Å². The highest BCUT2D eigenvalue weighted by Gasteiger charge is 2.18. The lowest BCUT2D eigenvalue weighted by atomic mass is 10.0. The molecular formula is C84H165NO5. The molecule has 0 aliphatic carbocycles. The van der Waals surface area contributed by atoms with Crippen molar-refractivity contribution in [3.8, 4) is 0 Å². The summed E-state index contributed by atoms with van der Waals surface area (Å²) in [6.45, 7) is 4.98. The van der Waals surface area contributed by atoms with Gasteiger partial charge in [-0.1, -0.05) is 456 Å². The number of esters is 1. The van der Waals surface area contributed by atoms with E-state index in [1.165, 1.54) is 424 Å². The molecule has 0 aromatic heterocycles. The molecule has 2 unspecified atom stereocenters. The summed E-state index contributed by atoms with van der Waals surface area (Å²) in [6, 6.07) is -0.626. The number of rotatable bonds is 80. The highest BCUT2D eigenvalue weighted by molar-refractivity contribution is 5.76. The summed E-state index contributed by atoms with van der Waals surface area (Å²) in [5.41, 5.74) is 0. The van der Waals surface area contributed by atoms with E-state index in [-0.39, 0.29) is 18.5 Å². The third kappa shape index (κ3) is 75.6. The zero-order valence-corrected chi connectivity index (χ0v) is 61.7. The summed E-state index contributed by atoms with van der Waals surface area (Å²) in [4.78, 5) is 24.7. The molecule has 0 aromatic carbocycles. The molecule has 90 heavy (non-hydrogen) atoms. The van der Waals surface area contributed by atoms with E-state index in [1.807, 2.05) is 6.08 Å². The summed E-state index contributed by atoms with van der Waals surface area (Å²) in [6.07, 6.45) is 102. The van der Waals surface area contributed by atoms with Crippen molar-refractivity contribution in [1.29, 1.82) is 0 Å². The van der Waals surface area contributed by atoms with E-state index in [9.17, 15) is 19.8 Å². The average Bonchev–Trinajstić information content (AvgIpc) is 3.72. The van der Waals surface area contributed by atoms with E-state index in [2.05, 4.69) is 19.2 Å². The SMILES string of the molecule is CCCCCCCCCCCCCCCCCCCCCCCCC/C=C/C(O)C(CO)NC(=O)CCCCCCCCCCCCCCCCCCCCCCCCCCCCCCCOC(=O)CCCCCCCCCCCCCCCCCCCCC. The first kappa shape index (κ1) is 88.6. The maximum Gasteiger partial charge on any atom is 0.305 e. The van der Waals surface area contributed by atoms with Crippen molar-refractivity contribution in [2.45, 2.75) is 501 Å². The Labute approximate surface area is 565 Å². The number of amides is 1. The second kappa shape index (κ2) is 80.0. The molecule has 0 saturated carbocycles. The van der Waals surface area contributed by atoms with Crippen LogP contribution in [0, 0.1) is 0 Å². The Bertz CT molecular complexity index is 1370. The fraction of sp³-hybridized carbons (Fsp3) is 0.952. The lowest BCUT2D eigenvalue weighted by Crippen LogP contribution is -2.45. The van der Waals surface area contributed by atoms with Gasteiger partial charge in [0.1, 0.15) is 0 Å². The maximum absolute atomic E-state index is 12.6. The molecule has 0 aliphatic rings. The van der Waals surface area contributed by atoms with Gasteiger partial charge in [0.2, 0.25) is 5.91 Å². The van der Waals surface area contributed by atoms with Crippen LogP contribution >= 0.6 is 0 Å². The fourth-order valence-corrected chi connectivity index (χ4v) is 13.7. The van der Waals surface area contributed by atoms with Crippen LogP contribution in [0.5, 0.6) is 0 Å². The van der Waals surface area contributed by atoms with Crippen LogP contribution in [0.25, 0.3) is 0 Å². The minimum Gasteiger partial charge on any atom is -0.466 e. The van der Waals surface area contributed by atoms with Gasteiger partial charge in [0.25, 0.3) is 0 Å². The van der Waals surface area contributed by atoms with E-state index in [1.54, 1.807) is 6.08 Å².